The number of hydrogen-bond donors (Lipinski definition) is 1. The van der Waals surface area contributed by atoms with Gasteiger partial charge in [-0.25, -0.2) is 9.97 Å². The maximum atomic E-state index is 4.44. The number of nitrogens with zero attached hydrogens (tertiary/aromatic N) is 2. The number of aromatic nitrogens is 2. The van der Waals surface area contributed by atoms with Gasteiger partial charge in [0, 0.05) is 40.4 Å². The van der Waals surface area contributed by atoms with E-state index in [4.69, 9.17) is 0 Å². The summed E-state index contributed by atoms with van der Waals surface area (Å²) in [5.74, 6) is 0.637. The Morgan fingerprint density at radius 2 is 2.15 bits per heavy atom. The highest BCUT2D eigenvalue weighted by molar-refractivity contribution is 14.1. The minimum atomic E-state index is 0.637. The summed E-state index contributed by atoms with van der Waals surface area (Å²) in [7, 11) is 0. The average Bonchev–Trinajstić information content (AvgIpc) is 2.19. The lowest BCUT2D eigenvalue weighted by Gasteiger charge is -2.21. The van der Waals surface area contributed by atoms with Crippen LogP contribution in [0.25, 0.3) is 0 Å². The van der Waals surface area contributed by atoms with Gasteiger partial charge in [0.05, 0.1) is 0 Å². The van der Waals surface area contributed by atoms with Gasteiger partial charge in [0.1, 0.15) is 0 Å². The highest BCUT2D eigenvalue weighted by Gasteiger charge is 2.16. The van der Waals surface area contributed by atoms with Gasteiger partial charge in [0.25, 0.3) is 0 Å². The zero-order valence-corrected chi connectivity index (χ0v) is 9.49. The standard InChI is InChI=1S/C9H12IN3/c10-9-12-6-3-8(13-9)7-1-4-11-5-2-7/h3,6-7,11H,1-2,4-5H2. The molecule has 1 N–H and O–H groups in total. The first-order chi connectivity index (χ1) is 6.36. The maximum Gasteiger partial charge on any atom is 0.190 e. The van der Waals surface area contributed by atoms with Gasteiger partial charge in [-0.1, -0.05) is 0 Å². The lowest BCUT2D eigenvalue weighted by Crippen LogP contribution is -2.27. The second-order valence-electron chi connectivity index (χ2n) is 3.27. The second-order valence-corrected chi connectivity index (χ2v) is 4.24. The Labute approximate surface area is 91.5 Å². The third-order valence-corrected chi connectivity index (χ3v) is 2.92. The molecule has 0 aliphatic carbocycles. The minimum Gasteiger partial charge on any atom is -0.317 e. The van der Waals surface area contributed by atoms with Gasteiger partial charge >= 0.3 is 0 Å². The molecule has 70 valence electrons. The highest BCUT2D eigenvalue weighted by atomic mass is 127. The van der Waals surface area contributed by atoms with E-state index in [9.17, 15) is 0 Å². The minimum absolute atomic E-state index is 0.637. The topological polar surface area (TPSA) is 37.8 Å². The van der Waals surface area contributed by atoms with E-state index in [0.717, 1.165) is 16.9 Å². The van der Waals surface area contributed by atoms with Crippen LogP contribution < -0.4 is 5.32 Å². The van der Waals surface area contributed by atoms with Crippen LogP contribution in [0.1, 0.15) is 24.5 Å². The SMILES string of the molecule is Ic1nccc(C2CCNCC2)n1. The van der Waals surface area contributed by atoms with Crippen LogP contribution in [0, 0.1) is 3.83 Å². The van der Waals surface area contributed by atoms with Crippen LogP contribution in [0.3, 0.4) is 0 Å². The van der Waals surface area contributed by atoms with Crippen LogP contribution in [-0.4, -0.2) is 23.1 Å². The first-order valence-corrected chi connectivity index (χ1v) is 5.63. The van der Waals surface area contributed by atoms with Crippen LogP contribution in [0.5, 0.6) is 0 Å². The molecule has 2 rings (SSSR count). The fourth-order valence-electron chi connectivity index (χ4n) is 1.69. The maximum absolute atomic E-state index is 4.44. The van der Waals surface area contributed by atoms with Crippen LogP contribution >= 0.6 is 22.6 Å². The van der Waals surface area contributed by atoms with Crippen molar-refractivity contribution in [3.63, 3.8) is 0 Å². The average molecular weight is 289 g/mol. The van der Waals surface area contributed by atoms with Crippen LogP contribution in [-0.2, 0) is 0 Å². The zero-order chi connectivity index (χ0) is 9.10. The van der Waals surface area contributed by atoms with Gasteiger partial charge in [-0.2, -0.15) is 0 Å². The number of rotatable bonds is 1. The zero-order valence-electron chi connectivity index (χ0n) is 7.33. The molecule has 0 atom stereocenters. The van der Waals surface area contributed by atoms with E-state index in [1.165, 1.54) is 18.5 Å². The third kappa shape index (κ3) is 2.37. The molecule has 0 unspecified atom stereocenters. The molecule has 1 fully saturated rings. The van der Waals surface area contributed by atoms with Crippen molar-refractivity contribution in [3.8, 4) is 0 Å². The van der Waals surface area contributed by atoms with E-state index < -0.39 is 0 Å². The molecule has 0 saturated carbocycles. The van der Waals surface area contributed by atoms with Gasteiger partial charge in [-0.15, -0.1) is 0 Å². The number of halogens is 1. The van der Waals surface area contributed by atoms with Gasteiger partial charge in [0.2, 0.25) is 0 Å². The van der Waals surface area contributed by atoms with Gasteiger partial charge in [-0.05, 0) is 32.0 Å². The summed E-state index contributed by atoms with van der Waals surface area (Å²) in [5, 5.41) is 3.35. The summed E-state index contributed by atoms with van der Waals surface area (Å²) < 4.78 is 0.855. The molecule has 1 aliphatic rings. The smallest absolute Gasteiger partial charge is 0.190 e. The Bertz CT molecular complexity index is 284. The molecule has 0 radical (unpaired) electrons. The molecule has 1 aromatic heterocycles. The summed E-state index contributed by atoms with van der Waals surface area (Å²) in [6.45, 7) is 2.23. The van der Waals surface area contributed by atoms with Crippen molar-refractivity contribution in [2.45, 2.75) is 18.8 Å². The quantitative estimate of drug-likeness (QED) is 0.629. The normalized spacial score (nSPS) is 18.8. The van der Waals surface area contributed by atoms with Crippen molar-refractivity contribution in [2.24, 2.45) is 0 Å². The van der Waals surface area contributed by atoms with Crippen molar-refractivity contribution < 1.29 is 0 Å². The lowest BCUT2D eigenvalue weighted by atomic mass is 9.95. The predicted molar refractivity (Wildman–Crippen MR) is 59.6 cm³/mol. The van der Waals surface area contributed by atoms with Gasteiger partial charge in [0.15, 0.2) is 3.83 Å². The highest BCUT2D eigenvalue weighted by Crippen LogP contribution is 2.22. The molecule has 1 saturated heterocycles. The summed E-state index contributed by atoms with van der Waals surface area (Å²) in [6.07, 6.45) is 4.26. The van der Waals surface area contributed by atoms with Gasteiger partial charge in [-0.3, -0.25) is 0 Å². The molecule has 0 amide bonds. The first kappa shape index (κ1) is 9.33. The number of nitrogens with one attached hydrogen (secondary N) is 1. The molecule has 0 aromatic carbocycles. The van der Waals surface area contributed by atoms with Crippen molar-refractivity contribution in [3.05, 3.63) is 21.8 Å². The third-order valence-electron chi connectivity index (χ3n) is 2.41. The number of hydrogen-bond acceptors (Lipinski definition) is 3. The Balaban J connectivity index is 2.14. The first-order valence-electron chi connectivity index (χ1n) is 4.55. The molecule has 4 heteroatoms. The molecule has 1 aliphatic heterocycles. The van der Waals surface area contributed by atoms with E-state index in [-0.39, 0.29) is 0 Å². The Morgan fingerprint density at radius 1 is 1.38 bits per heavy atom. The monoisotopic (exact) mass is 289 g/mol. The molecule has 1 aromatic rings. The van der Waals surface area contributed by atoms with Crippen molar-refractivity contribution in [2.75, 3.05) is 13.1 Å². The van der Waals surface area contributed by atoms with Crippen LogP contribution in [0.2, 0.25) is 0 Å². The van der Waals surface area contributed by atoms with E-state index in [0.29, 0.717) is 5.92 Å². The van der Waals surface area contributed by atoms with Crippen molar-refractivity contribution in [1.82, 2.24) is 15.3 Å². The summed E-state index contributed by atoms with van der Waals surface area (Å²) in [4.78, 5) is 8.54. The molecule has 0 spiro atoms. The summed E-state index contributed by atoms with van der Waals surface area (Å²) in [6, 6.07) is 2.04. The predicted octanol–water partition coefficient (Wildman–Crippen LogP) is 1.55. The number of piperidine rings is 1. The fraction of sp³-hybridized carbons (Fsp3) is 0.556. The fourth-order valence-corrected chi connectivity index (χ4v) is 2.13. The van der Waals surface area contributed by atoms with Crippen molar-refractivity contribution >= 4 is 22.6 Å². The largest absolute Gasteiger partial charge is 0.317 e. The summed E-state index contributed by atoms with van der Waals surface area (Å²) in [5.41, 5.74) is 1.21. The lowest BCUT2D eigenvalue weighted by molar-refractivity contribution is 0.452. The van der Waals surface area contributed by atoms with Crippen molar-refractivity contribution in [1.29, 1.82) is 0 Å². The van der Waals surface area contributed by atoms with Crippen LogP contribution in [0.4, 0.5) is 0 Å². The molecule has 3 nitrogen and oxygen atoms in total. The van der Waals surface area contributed by atoms with E-state index in [1.807, 2.05) is 12.3 Å². The van der Waals surface area contributed by atoms with Gasteiger partial charge < -0.3 is 5.32 Å². The molecular weight excluding hydrogens is 277 g/mol. The Hall–Kier alpha value is -0.230. The molecule has 13 heavy (non-hydrogen) atoms. The Morgan fingerprint density at radius 3 is 2.85 bits per heavy atom. The van der Waals surface area contributed by atoms with E-state index in [1.54, 1.807) is 0 Å². The molecular formula is C9H12IN3. The van der Waals surface area contributed by atoms with Crippen LogP contribution in [0.15, 0.2) is 12.3 Å². The molecule has 2 heterocycles. The summed E-state index contributed by atoms with van der Waals surface area (Å²) >= 11 is 2.16. The van der Waals surface area contributed by atoms with E-state index in [2.05, 4.69) is 37.9 Å². The van der Waals surface area contributed by atoms with E-state index >= 15 is 0 Å². The second kappa shape index (κ2) is 4.32. The molecule has 0 bridgehead atoms. The Kier molecular flexibility index (Phi) is 3.10.